The molecule has 0 saturated carbocycles. The molecule has 76 valence electrons. The summed E-state index contributed by atoms with van der Waals surface area (Å²) in [5.41, 5.74) is 5.59. The van der Waals surface area contributed by atoms with Crippen LogP contribution in [0.2, 0.25) is 0 Å². The van der Waals surface area contributed by atoms with Gasteiger partial charge in [0.15, 0.2) is 5.76 Å². The number of amides is 1. The number of carbonyl (C=O) groups is 1. The highest BCUT2D eigenvalue weighted by molar-refractivity contribution is 5.91. The first-order chi connectivity index (χ1) is 6.65. The summed E-state index contributed by atoms with van der Waals surface area (Å²) in [5.74, 6) is 0.629. The topological polar surface area (TPSA) is 68.3 Å². The summed E-state index contributed by atoms with van der Waals surface area (Å²) in [6.07, 6.45) is 1.60. The van der Waals surface area contributed by atoms with Crippen LogP contribution in [0.15, 0.2) is 29.2 Å². The molecule has 0 aliphatic carbocycles. The van der Waals surface area contributed by atoms with E-state index in [9.17, 15) is 4.79 Å². The van der Waals surface area contributed by atoms with E-state index in [1.807, 2.05) is 0 Å². The average molecular weight is 194 g/mol. The van der Waals surface area contributed by atoms with Crippen molar-refractivity contribution in [1.82, 2.24) is 5.32 Å². The maximum absolute atomic E-state index is 11.3. The van der Waals surface area contributed by atoms with Gasteiger partial charge in [-0.2, -0.15) is 0 Å². The Bertz CT molecular complexity index is 329. The fourth-order valence-corrected chi connectivity index (χ4v) is 0.972. The molecule has 4 nitrogen and oxygen atoms in total. The van der Waals surface area contributed by atoms with Gasteiger partial charge in [-0.05, 0) is 19.1 Å². The number of nitrogens with two attached hydrogens (primary N) is 1. The summed E-state index contributed by atoms with van der Waals surface area (Å²) < 4.78 is 5.23. The van der Waals surface area contributed by atoms with Crippen LogP contribution >= 0.6 is 0 Å². The number of nitrogens with one attached hydrogen (secondary N) is 1. The van der Waals surface area contributed by atoms with E-state index in [-0.39, 0.29) is 17.7 Å². The monoisotopic (exact) mass is 194 g/mol. The molecule has 0 radical (unpaired) electrons. The smallest absolute Gasteiger partial charge is 0.287 e. The van der Waals surface area contributed by atoms with Gasteiger partial charge in [-0.1, -0.05) is 6.08 Å². The van der Waals surface area contributed by atoms with Crippen LogP contribution in [0.5, 0.6) is 0 Å². The van der Waals surface area contributed by atoms with Gasteiger partial charge in [-0.3, -0.25) is 4.79 Å². The number of furan rings is 1. The van der Waals surface area contributed by atoms with Crippen molar-refractivity contribution < 1.29 is 9.21 Å². The molecule has 3 N–H and O–H groups in total. The Morgan fingerprint density at radius 1 is 1.79 bits per heavy atom. The molecule has 0 fully saturated rings. The van der Waals surface area contributed by atoms with Gasteiger partial charge < -0.3 is 15.5 Å². The van der Waals surface area contributed by atoms with E-state index in [0.29, 0.717) is 12.3 Å². The molecule has 0 saturated heterocycles. The Morgan fingerprint density at radius 2 is 2.50 bits per heavy atom. The predicted molar refractivity (Wildman–Crippen MR) is 53.8 cm³/mol. The van der Waals surface area contributed by atoms with Crippen molar-refractivity contribution in [1.29, 1.82) is 0 Å². The van der Waals surface area contributed by atoms with Gasteiger partial charge >= 0.3 is 0 Å². The maximum atomic E-state index is 11.3. The third kappa shape index (κ3) is 2.47. The molecule has 1 atom stereocenters. The van der Waals surface area contributed by atoms with Crippen LogP contribution in [0, 0.1) is 0 Å². The zero-order valence-corrected chi connectivity index (χ0v) is 8.12. The Kier molecular flexibility index (Phi) is 3.48. The highest BCUT2D eigenvalue weighted by Gasteiger charge is 2.11. The molecule has 1 heterocycles. The molecule has 1 unspecified atom stereocenters. The number of carbonyl (C=O) groups excluding carboxylic acids is 1. The van der Waals surface area contributed by atoms with Crippen molar-refractivity contribution in [3.63, 3.8) is 0 Å². The summed E-state index contributed by atoms with van der Waals surface area (Å²) in [4.78, 5) is 11.3. The fourth-order valence-electron chi connectivity index (χ4n) is 0.972. The molecule has 14 heavy (non-hydrogen) atoms. The van der Waals surface area contributed by atoms with Crippen LogP contribution < -0.4 is 11.1 Å². The molecule has 1 rings (SSSR count). The first kappa shape index (κ1) is 10.5. The quantitative estimate of drug-likeness (QED) is 0.708. The lowest BCUT2D eigenvalue weighted by Gasteiger charge is -2.00. The largest absolute Gasteiger partial charge is 0.454 e. The zero-order valence-electron chi connectivity index (χ0n) is 8.12. The Balaban J connectivity index is 2.66. The second-order valence-electron chi connectivity index (χ2n) is 2.99. The van der Waals surface area contributed by atoms with E-state index >= 15 is 0 Å². The second kappa shape index (κ2) is 4.62. The molecule has 0 aromatic carbocycles. The summed E-state index contributed by atoms with van der Waals surface area (Å²) >= 11 is 0. The molecule has 1 amide bonds. The average Bonchev–Trinajstić information content (AvgIpc) is 2.62. The maximum Gasteiger partial charge on any atom is 0.287 e. The normalized spacial score (nSPS) is 12.1. The van der Waals surface area contributed by atoms with E-state index in [0.717, 1.165) is 0 Å². The third-order valence-electron chi connectivity index (χ3n) is 1.71. The highest BCUT2D eigenvalue weighted by atomic mass is 16.4. The number of hydrogen-bond donors (Lipinski definition) is 2. The number of hydrogen-bond acceptors (Lipinski definition) is 3. The minimum Gasteiger partial charge on any atom is -0.454 e. The molecule has 1 aromatic heterocycles. The molecule has 0 aliphatic rings. The van der Waals surface area contributed by atoms with Crippen LogP contribution in [-0.4, -0.2) is 12.5 Å². The van der Waals surface area contributed by atoms with Crippen molar-refractivity contribution >= 4 is 5.91 Å². The Labute approximate surface area is 82.8 Å². The summed E-state index contributed by atoms with van der Waals surface area (Å²) in [7, 11) is 0. The van der Waals surface area contributed by atoms with Crippen molar-refractivity contribution in [2.75, 3.05) is 6.54 Å². The van der Waals surface area contributed by atoms with Crippen LogP contribution in [0.3, 0.4) is 0 Å². The van der Waals surface area contributed by atoms with E-state index in [1.165, 1.54) is 0 Å². The van der Waals surface area contributed by atoms with Gasteiger partial charge in [0, 0.05) is 6.54 Å². The number of rotatable bonds is 4. The molecule has 4 heteroatoms. The minimum atomic E-state index is -0.253. The van der Waals surface area contributed by atoms with Gasteiger partial charge in [0.1, 0.15) is 5.76 Å². The highest BCUT2D eigenvalue weighted by Crippen LogP contribution is 2.13. The van der Waals surface area contributed by atoms with E-state index in [4.69, 9.17) is 10.2 Å². The van der Waals surface area contributed by atoms with Crippen molar-refractivity contribution in [2.24, 2.45) is 5.73 Å². The van der Waals surface area contributed by atoms with Gasteiger partial charge in [0.25, 0.3) is 5.91 Å². The zero-order chi connectivity index (χ0) is 10.6. The van der Waals surface area contributed by atoms with Gasteiger partial charge in [0.05, 0.1) is 6.04 Å². The summed E-state index contributed by atoms with van der Waals surface area (Å²) in [6, 6.07) is 3.11. The lowest BCUT2D eigenvalue weighted by atomic mass is 10.3. The molecule has 0 aliphatic heterocycles. The van der Waals surface area contributed by atoms with Crippen LogP contribution in [0.4, 0.5) is 0 Å². The van der Waals surface area contributed by atoms with Gasteiger partial charge in [-0.15, -0.1) is 6.58 Å². The standard InChI is InChI=1S/C10H14N2O2/c1-3-6-12-10(13)9-5-4-8(14-9)7(2)11/h3-5,7H,1,6,11H2,2H3,(H,12,13). The summed E-state index contributed by atoms with van der Waals surface area (Å²) in [5, 5.41) is 2.61. The molecule has 0 spiro atoms. The molecule has 1 aromatic rings. The molecular weight excluding hydrogens is 180 g/mol. The van der Waals surface area contributed by atoms with E-state index in [1.54, 1.807) is 25.1 Å². The third-order valence-corrected chi connectivity index (χ3v) is 1.71. The van der Waals surface area contributed by atoms with Crippen LogP contribution in [-0.2, 0) is 0 Å². The van der Waals surface area contributed by atoms with Gasteiger partial charge in [-0.25, -0.2) is 0 Å². The van der Waals surface area contributed by atoms with Crippen LogP contribution in [0.25, 0.3) is 0 Å². The first-order valence-electron chi connectivity index (χ1n) is 4.39. The Hall–Kier alpha value is -1.55. The van der Waals surface area contributed by atoms with E-state index < -0.39 is 0 Å². The van der Waals surface area contributed by atoms with Gasteiger partial charge in [0.2, 0.25) is 0 Å². The minimum absolute atomic E-state index is 0.198. The van der Waals surface area contributed by atoms with Crippen molar-refractivity contribution in [3.05, 3.63) is 36.3 Å². The molecular formula is C10H14N2O2. The SMILES string of the molecule is C=CCNC(=O)c1ccc(C(C)N)o1. The predicted octanol–water partition coefficient (Wildman–Crippen LogP) is 1.22. The molecule has 0 bridgehead atoms. The van der Waals surface area contributed by atoms with Crippen molar-refractivity contribution in [3.8, 4) is 0 Å². The second-order valence-corrected chi connectivity index (χ2v) is 2.99. The van der Waals surface area contributed by atoms with Crippen molar-refractivity contribution in [2.45, 2.75) is 13.0 Å². The first-order valence-corrected chi connectivity index (χ1v) is 4.39. The van der Waals surface area contributed by atoms with Crippen LogP contribution in [0.1, 0.15) is 29.3 Å². The Morgan fingerprint density at radius 3 is 3.00 bits per heavy atom. The summed E-state index contributed by atoms with van der Waals surface area (Å²) in [6.45, 7) is 5.71. The van der Waals surface area contributed by atoms with E-state index in [2.05, 4.69) is 11.9 Å². The lowest BCUT2D eigenvalue weighted by Crippen LogP contribution is -2.22. The lowest BCUT2D eigenvalue weighted by molar-refractivity contribution is 0.0928. The fraction of sp³-hybridized carbons (Fsp3) is 0.300.